The Hall–Kier alpha value is -4.65. The summed E-state index contributed by atoms with van der Waals surface area (Å²) < 4.78 is 16.8. The topological polar surface area (TPSA) is 86.2 Å². The normalized spacial score (nSPS) is 10.8. The molecule has 4 aromatic rings. The number of unbranched alkanes of at least 4 members (excludes halogenated alkanes) is 1. The van der Waals surface area contributed by atoms with Crippen LogP contribution in [0.25, 0.3) is 10.8 Å². The predicted octanol–water partition coefficient (Wildman–Crippen LogP) is 5.77. The van der Waals surface area contributed by atoms with Crippen molar-refractivity contribution in [3.05, 3.63) is 102 Å². The monoisotopic (exact) mass is 496 g/mol. The van der Waals surface area contributed by atoms with E-state index in [1.165, 1.54) is 6.21 Å². The Balaban J connectivity index is 1.39. The third kappa shape index (κ3) is 7.18. The Morgan fingerprint density at radius 3 is 2.30 bits per heavy atom. The van der Waals surface area contributed by atoms with Gasteiger partial charge < -0.3 is 14.2 Å². The highest BCUT2D eigenvalue weighted by atomic mass is 16.5. The molecule has 0 spiro atoms. The summed E-state index contributed by atoms with van der Waals surface area (Å²) in [5.74, 6) is 0.732. The molecule has 1 amide bonds. The zero-order valence-electron chi connectivity index (χ0n) is 20.6. The minimum atomic E-state index is -0.482. The number of carbonyl (C=O) groups is 2. The van der Waals surface area contributed by atoms with E-state index in [9.17, 15) is 9.59 Å². The number of nitrogens with zero attached hydrogens (tertiary/aromatic N) is 1. The van der Waals surface area contributed by atoms with Gasteiger partial charge in [-0.2, -0.15) is 5.10 Å². The van der Waals surface area contributed by atoms with Gasteiger partial charge in [-0.1, -0.05) is 61.9 Å². The van der Waals surface area contributed by atoms with Crippen LogP contribution >= 0.6 is 0 Å². The summed E-state index contributed by atoms with van der Waals surface area (Å²) in [6.45, 7) is 2.57. The van der Waals surface area contributed by atoms with Crippen LogP contribution < -0.4 is 19.6 Å². The van der Waals surface area contributed by atoms with E-state index in [0.717, 1.165) is 29.4 Å². The number of hydrogen-bond donors (Lipinski definition) is 1. The molecule has 0 saturated carbocycles. The number of hydrogen-bond acceptors (Lipinski definition) is 6. The lowest BCUT2D eigenvalue weighted by Crippen LogP contribution is -2.24. The van der Waals surface area contributed by atoms with E-state index in [4.69, 9.17) is 14.2 Å². The van der Waals surface area contributed by atoms with Crippen LogP contribution in [0.5, 0.6) is 17.2 Å². The van der Waals surface area contributed by atoms with Crippen molar-refractivity contribution in [1.82, 2.24) is 5.43 Å². The van der Waals surface area contributed by atoms with E-state index in [0.29, 0.717) is 29.2 Å². The van der Waals surface area contributed by atoms with Crippen LogP contribution in [-0.2, 0) is 4.79 Å². The first-order chi connectivity index (χ1) is 18.1. The van der Waals surface area contributed by atoms with Crippen molar-refractivity contribution in [3.8, 4) is 17.2 Å². The lowest BCUT2D eigenvalue weighted by molar-refractivity contribution is -0.123. The molecular weight excluding hydrogens is 468 g/mol. The Morgan fingerprint density at radius 1 is 0.838 bits per heavy atom. The molecule has 0 unspecified atom stereocenters. The zero-order valence-corrected chi connectivity index (χ0v) is 20.6. The van der Waals surface area contributed by atoms with Crippen LogP contribution in [0.4, 0.5) is 0 Å². The van der Waals surface area contributed by atoms with Crippen molar-refractivity contribution >= 4 is 28.9 Å². The smallest absolute Gasteiger partial charge is 0.343 e. The second-order valence-electron chi connectivity index (χ2n) is 8.21. The van der Waals surface area contributed by atoms with E-state index < -0.39 is 11.9 Å². The Kier molecular flexibility index (Phi) is 8.86. The fraction of sp³-hybridized carbons (Fsp3) is 0.167. The van der Waals surface area contributed by atoms with E-state index in [1.54, 1.807) is 54.6 Å². The van der Waals surface area contributed by atoms with E-state index in [1.807, 2.05) is 36.4 Å². The van der Waals surface area contributed by atoms with Gasteiger partial charge in [-0.25, -0.2) is 10.2 Å². The van der Waals surface area contributed by atoms with Crippen molar-refractivity contribution in [3.63, 3.8) is 0 Å². The van der Waals surface area contributed by atoms with Gasteiger partial charge >= 0.3 is 5.97 Å². The van der Waals surface area contributed by atoms with Crippen molar-refractivity contribution in [2.24, 2.45) is 5.10 Å². The second kappa shape index (κ2) is 12.9. The maximum absolute atomic E-state index is 12.6. The van der Waals surface area contributed by atoms with Crippen LogP contribution in [0.3, 0.4) is 0 Å². The molecule has 0 aromatic heterocycles. The summed E-state index contributed by atoms with van der Waals surface area (Å²) in [4.78, 5) is 24.9. The molecule has 188 valence electrons. The van der Waals surface area contributed by atoms with Gasteiger partial charge in [0, 0.05) is 5.56 Å². The highest BCUT2D eigenvalue weighted by molar-refractivity contribution is 6.04. The molecule has 0 bridgehead atoms. The van der Waals surface area contributed by atoms with E-state index in [-0.39, 0.29) is 6.61 Å². The van der Waals surface area contributed by atoms with Gasteiger partial charge in [-0.15, -0.1) is 0 Å². The number of rotatable bonds is 11. The van der Waals surface area contributed by atoms with Gasteiger partial charge in [0.05, 0.1) is 18.4 Å². The molecule has 0 atom stereocenters. The quantitative estimate of drug-likeness (QED) is 0.0937. The third-order valence-corrected chi connectivity index (χ3v) is 5.49. The van der Waals surface area contributed by atoms with Crippen LogP contribution in [0, 0.1) is 0 Å². The molecule has 4 rings (SSSR count). The van der Waals surface area contributed by atoms with Crippen LogP contribution in [0.2, 0.25) is 0 Å². The molecule has 0 radical (unpaired) electrons. The van der Waals surface area contributed by atoms with Gasteiger partial charge in [-0.05, 0) is 59.7 Å². The first-order valence-electron chi connectivity index (χ1n) is 12.1. The van der Waals surface area contributed by atoms with Gasteiger partial charge in [-0.3, -0.25) is 4.79 Å². The SMILES string of the molecule is CCCCOc1ccc(OCC(=O)N/N=C/c2c(OC(=O)c3ccccc3)ccc3ccccc23)cc1. The Bertz CT molecular complexity index is 1370. The number of nitrogens with one attached hydrogen (secondary N) is 1. The number of ether oxygens (including phenoxy) is 3. The number of amides is 1. The zero-order chi connectivity index (χ0) is 25.9. The Labute approximate surface area is 215 Å². The van der Waals surface area contributed by atoms with Gasteiger partial charge in [0.1, 0.15) is 17.2 Å². The van der Waals surface area contributed by atoms with Crippen molar-refractivity contribution in [1.29, 1.82) is 0 Å². The first kappa shape index (κ1) is 25.4. The summed E-state index contributed by atoms with van der Waals surface area (Å²) in [5.41, 5.74) is 3.47. The molecule has 0 saturated heterocycles. The molecular formula is C30H28N2O5. The predicted molar refractivity (Wildman–Crippen MR) is 143 cm³/mol. The molecule has 37 heavy (non-hydrogen) atoms. The van der Waals surface area contributed by atoms with E-state index >= 15 is 0 Å². The van der Waals surface area contributed by atoms with Gasteiger partial charge in [0.15, 0.2) is 6.61 Å². The number of esters is 1. The Morgan fingerprint density at radius 2 is 1.54 bits per heavy atom. The van der Waals surface area contributed by atoms with Gasteiger partial charge in [0.2, 0.25) is 0 Å². The molecule has 0 aliphatic heterocycles. The largest absolute Gasteiger partial charge is 0.494 e. The van der Waals surface area contributed by atoms with Crippen LogP contribution in [0.15, 0.2) is 96.1 Å². The molecule has 7 heteroatoms. The second-order valence-corrected chi connectivity index (χ2v) is 8.21. The molecule has 0 fully saturated rings. The lowest BCUT2D eigenvalue weighted by atomic mass is 10.0. The maximum atomic E-state index is 12.6. The lowest BCUT2D eigenvalue weighted by Gasteiger charge is -2.11. The van der Waals surface area contributed by atoms with E-state index in [2.05, 4.69) is 17.5 Å². The molecule has 4 aromatic carbocycles. The molecule has 0 aliphatic carbocycles. The summed E-state index contributed by atoms with van der Waals surface area (Å²) in [6, 6.07) is 27.1. The molecule has 7 nitrogen and oxygen atoms in total. The summed E-state index contributed by atoms with van der Waals surface area (Å²) in [5, 5.41) is 5.86. The highest BCUT2D eigenvalue weighted by Crippen LogP contribution is 2.27. The molecule has 0 aliphatic rings. The fourth-order valence-electron chi connectivity index (χ4n) is 3.55. The first-order valence-corrected chi connectivity index (χ1v) is 12.1. The summed E-state index contributed by atoms with van der Waals surface area (Å²) >= 11 is 0. The minimum absolute atomic E-state index is 0.210. The average molecular weight is 497 g/mol. The van der Waals surface area contributed by atoms with Gasteiger partial charge in [0.25, 0.3) is 5.91 Å². The summed E-state index contributed by atoms with van der Waals surface area (Å²) in [7, 11) is 0. The van der Waals surface area contributed by atoms with Crippen molar-refractivity contribution < 1.29 is 23.8 Å². The minimum Gasteiger partial charge on any atom is -0.494 e. The number of carbonyl (C=O) groups excluding carboxylic acids is 2. The third-order valence-electron chi connectivity index (χ3n) is 5.49. The number of benzene rings is 4. The average Bonchev–Trinajstić information content (AvgIpc) is 2.94. The number of hydrazone groups is 1. The van der Waals surface area contributed by atoms with Crippen LogP contribution in [-0.4, -0.2) is 31.3 Å². The highest BCUT2D eigenvalue weighted by Gasteiger charge is 2.13. The van der Waals surface area contributed by atoms with Crippen molar-refractivity contribution in [2.45, 2.75) is 19.8 Å². The molecule has 0 heterocycles. The van der Waals surface area contributed by atoms with Crippen LogP contribution in [0.1, 0.15) is 35.7 Å². The molecule has 1 N–H and O–H groups in total. The maximum Gasteiger partial charge on any atom is 0.343 e. The fourth-order valence-corrected chi connectivity index (χ4v) is 3.55. The summed E-state index contributed by atoms with van der Waals surface area (Å²) in [6.07, 6.45) is 3.53. The van der Waals surface area contributed by atoms with Crippen molar-refractivity contribution in [2.75, 3.05) is 13.2 Å². The number of fused-ring (bicyclic) bond motifs is 1. The standard InChI is InChI=1S/C30H28N2O5/c1-2-3-19-35-24-14-16-25(17-15-24)36-21-29(33)32-31-20-27-26-12-8-7-9-22(26)13-18-28(27)37-30(34)23-10-5-4-6-11-23/h4-18,20H,2-3,19,21H2,1H3,(H,32,33)/b31-20+.